The van der Waals surface area contributed by atoms with Gasteiger partial charge in [0.2, 0.25) is 5.55 Å². The predicted octanol–water partition coefficient (Wildman–Crippen LogP) is 3.56. The monoisotopic (exact) mass is 400 g/mol. The highest BCUT2D eigenvalue weighted by atomic mass is 19.1. The van der Waals surface area contributed by atoms with E-state index in [2.05, 4.69) is 10.3 Å². The molecule has 8 heteroatoms. The molecule has 0 spiro atoms. The highest BCUT2D eigenvalue weighted by Gasteiger charge is 2.19. The summed E-state index contributed by atoms with van der Waals surface area (Å²) in [6, 6.07) is 8.74. The van der Waals surface area contributed by atoms with Crippen LogP contribution in [0.2, 0.25) is 0 Å². The molecule has 1 amide bonds. The summed E-state index contributed by atoms with van der Waals surface area (Å²) in [7, 11) is 0. The Balaban J connectivity index is 1.79. The number of phenolic OH excluding ortho intramolecular Hbond substituents is 1. The van der Waals surface area contributed by atoms with Gasteiger partial charge in [0.05, 0.1) is 6.10 Å². The molecule has 1 saturated heterocycles. The van der Waals surface area contributed by atoms with Crippen molar-refractivity contribution in [2.24, 2.45) is 4.99 Å². The van der Waals surface area contributed by atoms with Gasteiger partial charge in [-0.05, 0) is 43.2 Å². The number of fused-ring (bicyclic) bond motifs is 1. The van der Waals surface area contributed by atoms with Crippen LogP contribution in [0.3, 0.4) is 0 Å². The summed E-state index contributed by atoms with van der Waals surface area (Å²) in [5.74, 6) is -1.95. The van der Waals surface area contributed by atoms with Gasteiger partial charge < -0.3 is 19.6 Å². The summed E-state index contributed by atoms with van der Waals surface area (Å²) in [4.78, 5) is 16.8. The molecule has 6 nitrogen and oxygen atoms in total. The number of benzene rings is 2. The van der Waals surface area contributed by atoms with E-state index in [1.54, 1.807) is 6.07 Å². The summed E-state index contributed by atoms with van der Waals surface area (Å²) >= 11 is 0. The maximum Gasteiger partial charge on any atom is 0.256 e. The number of nitrogens with zero attached hydrogens (tertiary/aromatic N) is 1. The van der Waals surface area contributed by atoms with Crippen molar-refractivity contribution in [1.82, 2.24) is 5.32 Å². The molecular weight excluding hydrogens is 382 g/mol. The second-order valence-electron chi connectivity index (χ2n) is 6.74. The molecule has 0 saturated carbocycles. The number of phenols is 1. The Bertz CT molecular complexity index is 1140. The van der Waals surface area contributed by atoms with E-state index in [1.165, 1.54) is 18.2 Å². The Kier molecular flexibility index (Phi) is 5.26. The van der Waals surface area contributed by atoms with Crippen molar-refractivity contribution in [3.63, 3.8) is 0 Å². The van der Waals surface area contributed by atoms with Crippen molar-refractivity contribution in [2.75, 3.05) is 13.2 Å². The van der Waals surface area contributed by atoms with Gasteiger partial charge in [-0.3, -0.25) is 4.79 Å². The Labute approximate surface area is 164 Å². The van der Waals surface area contributed by atoms with Crippen LogP contribution < -0.4 is 10.9 Å². The molecule has 1 aliphatic rings. The molecule has 4 rings (SSSR count). The van der Waals surface area contributed by atoms with Crippen molar-refractivity contribution in [3.8, 4) is 5.75 Å². The maximum atomic E-state index is 14.1. The van der Waals surface area contributed by atoms with Gasteiger partial charge in [-0.2, -0.15) is 0 Å². The maximum absolute atomic E-state index is 14.1. The summed E-state index contributed by atoms with van der Waals surface area (Å²) in [5, 5.41) is 13.0. The molecule has 1 aromatic heterocycles. The number of nitrogens with one attached hydrogen (secondary N) is 1. The van der Waals surface area contributed by atoms with Gasteiger partial charge in [0.15, 0.2) is 0 Å². The Morgan fingerprint density at radius 2 is 2.07 bits per heavy atom. The number of hydrogen-bond acceptors (Lipinski definition) is 5. The first kappa shape index (κ1) is 19.1. The van der Waals surface area contributed by atoms with E-state index in [0.717, 1.165) is 31.0 Å². The highest BCUT2D eigenvalue weighted by Crippen LogP contribution is 2.22. The second kappa shape index (κ2) is 8.00. The quantitative estimate of drug-likeness (QED) is 0.702. The number of ether oxygens (including phenoxy) is 1. The average Bonchev–Trinajstić information content (AvgIpc) is 3.22. The SMILES string of the molecule is O=C(NC[C@@H]1CCCO1)c1cc2ccc(O)cc2oc1=Nc1cc(F)ccc1F. The molecule has 0 bridgehead atoms. The zero-order valence-corrected chi connectivity index (χ0v) is 15.3. The van der Waals surface area contributed by atoms with Gasteiger partial charge in [-0.1, -0.05) is 0 Å². The van der Waals surface area contributed by atoms with Crippen LogP contribution in [0.15, 0.2) is 51.9 Å². The van der Waals surface area contributed by atoms with Crippen molar-refractivity contribution in [3.05, 3.63) is 65.2 Å². The van der Waals surface area contributed by atoms with Gasteiger partial charge in [0.1, 0.15) is 34.2 Å². The van der Waals surface area contributed by atoms with Crippen LogP contribution in [0.25, 0.3) is 11.0 Å². The molecular formula is C21H18F2N2O4. The van der Waals surface area contributed by atoms with Crippen LogP contribution >= 0.6 is 0 Å². The van der Waals surface area contributed by atoms with Crippen molar-refractivity contribution in [2.45, 2.75) is 18.9 Å². The molecule has 0 unspecified atom stereocenters. The van der Waals surface area contributed by atoms with E-state index in [-0.39, 0.29) is 34.2 Å². The number of carbonyl (C=O) groups excluding carboxylic acids is 1. The largest absolute Gasteiger partial charge is 0.508 e. The lowest BCUT2D eigenvalue weighted by Gasteiger charge is -2.11. The minimum atomic E-state index is -0.761. The zero-order chi connectivity index (χ0) is 20.4. The van der Waals surface area contributed by atoms with Crippen LogP contribution in [-0.2, 0) is 4.74 Å². The molecule has 2 N–H and O–H groups in total. The standard InChI is InChI=1S/C21H18F2N2O4/c22-13-4-6-17(23)18(9-13)25-21-16(20(27)24-11-15-2-1-7-28-15)8-12-3-5-14(26)10-19(12)29-21/h3-6,8-10,15,26H,1-2,7,11H2,(H,24,27)/t15-/m0/s1. The second-order valence-corrected chi connectivity index (χ2v) is 6.74. The summed E-state index contributed by atoms with van der Waals surface area (Å²) < 4.78 is 38.7. The molecule has 29 heavy (non-hydrogen) atoms. The Morgan fingerprint density at radius 3 is 2.86 bits per heavy atom. The molecule has 1 atom stereocenters. The van der Waals surface area contributed by atoms with Crippen LogP contribution in [0.4, 0.5) is 14.5 Å². The van der Waals surface area contributed by atoms with Crippen molar-refractivity contribution in [1.29, 1.82) is 0 Å². The van der Waals surface area contributed by atoms with E-state index in [1.807, 2.05) is 0 Å². The summed E-state index contributed by atoms with van der Waals surface area (Å²) in [5.41, 5.74) is -0.194. The van der Waals surface area contributed by atoms with Gasteiger partial charge in [0, 0.05) is 30.7 Å². The molecule has 0 aliphatic carbocycles. The number of amides is 1. The minimum absolute atomic E-state index is 0.0419. The minimum Gasteiger partial charge on any atom is -0.508 e. The topological polar surface area (TPSA) is 84.1 Å². The van der Waals surface area contributed by atoms with E-state index < -0.39 is 17.5 Å². The number of halogens is 2. The van der Waals surface area contributed by atoms with E-state index in [0.29, 0.717) is 18.5 Å². The van der Waals surface area contributed by atoms with Crippen molar-refractivity contribution < 1.29 is 27.8 Å². The smallest absolute Gasteiger partial charge is 0.256 e. The zero-order valence-electron chi connectivity index (χ0n) is 15.3. The highest BCUT2D eigenvalue weighted by molar-refractivity contribution is 5.96. The number of aromatic hydroxyl groups is 1. The van der Waals surface area contributed by atoms with Crippen LogP contribution in [0.1, 0.15) is 23.2 Å². The predicted molar refractivity (Wildman–Crippen MR) is 101 cm³/mol. The normalized spacial score (nSPS) is 17.0. The van der Waals surface area contributed by atoms with Gasteiger partial charge in [0.25, 0.3) is 5.91 Å². The third-order valence-corrected chi connectivity index (χ3v) is 4.62. The Hall–Kier alpha value is -3.26. The fourth-order valence-corrected chi connectivity index (χ4v) is 3.14. The van der Waals surface area contributed by atoms with Gasteiger partial charge >= 0.3 is 0 Å². The number of carbonyl (C=O) groups is 1. The molecule has 0 radical (unpaired) electrons. The fraction of sp³-hybridized carbons (Fsp3) is 0.238. The average molecular weight is 400 g/mol. The Morgan fingerprint density at radius 1 is 1.21 bits per heavy atom. The molecule has 3 aromatic rings. The third kappa shape index (κ3) is 4.27. The summed E-state index contributed by atoms with van der Waals surface area (Å²) in [6.07, 6.45) is 1.73. The van der Waals surface area contributed by atoms with Crippen LogP contribution in [0, 0.1) is 11.6 Å². The number of hydrogen-bond donors (Lipinski definition) is 2. The molecule has 2 heterocycles. The molecule has 1 fully saturated rings. The first-order chi connectivity index (χ1) is 14.0. The van der Waals surface area contributed by atoms with E-state index in [4.69, 9.17) is 9.15 Å². The van der Waals surface area contributed by atoms with Gasteiger partial charge in [-0.25, -0.2) is 13.8 Å². The first-order valence-electron chi connectivity index (χ1n) is 9.16. The lowest BCUT2D eigenvalue weighted by Crippen LogP contribution is -2.34. The molecule has 150 valence electrons. The lowest BCUT2D eigenvalue weighted by molar-refractivity contribution is 0.0854. The van der Waals surface area contributed by atoms with E-state index >= 15 is 0 Å². The fourth-order valence-electron chi connectivity index (χ4n) is 3.14. The first-order valence-corrected chi connectivity index (χ1v) is 9.16. The molecule has 2 aromatic carbocycles. The number of rotatable bonds is 4. The molecule has 1 aliphatic heterocycles. The van der Waals surface area contributed by atoms with Crippen LogP contribution in [-0.4, -0.2) is 30.3 Å². The van der Waals surface area contributed by atoms with Crippen LogP contribution in [0.5, 0.6) is 5.75 Å². The third-order valence-electron chi connectivity index (χ3n) is 4.62. The van der Waals surface area contributed by atoms with Crippen molar-refractivity contribution >= 4 is 22.6 Å². The summed E-state index contributed by atoms with van der Waals surface area (Å²) in [6.45, 7) is 0.981. The van der Waals surface area contributed by atoms with Gasteiger partial charge in [-0.15, -0.1) is 0 Å². The lowest BCUT2D eigenvalue weighted by atomic mass is 10.1. The van der Waals surface area contributed by atoms with E-state index in [9.17, 15) is 18.7 Å².